The van der Waals surface area contributed by atoms with Crippen LogP contribution in [0.25, 0.3) is 0 Å². The molecule has 0 saturated heterocycles. The van der Waals surface area contributed by atoms with Gasteiger partial charge in [-0.05, 0) is 42.5 Å². The molecule has 2 N–H and O–H groups in total. The van der Waals surface area contributed by atoms with Crippen molar-refractivity contribution in [1.82, 2.24) is 0 Å². The van der Waals surface area contributed by atoms with Crippen LogP contribution in [0.3, 0.4) is 0 Å². The lowest BCUT2D eigenvalue weighted by molar-refractivity contribution is -0.0291. The second-order valence-electron chi connectivity index (χ2n) is 4.96. The third-order valence-electron chi connectivity index (χ3n) is 3.72. The van der Waals surface area contributed by atoms with Gasteiger partial charge < -0.3 is 14.9 Å². The Morgan fingerprint density at radius 1 is 1.26 bits per heavy atom. The first-order valence-corrected chi connectivity index (χ1v) is 6.85. The highest BCUT2D eigenvalue weighted by Crippen LogP contribution is 2.35. The van der Waals surface area contributed by atoms with Crippen molar-refractivity contribution in [3.63, 3.8) is 0 Å². The first-order valence-electron chi connectivity index (χ1n) is 6.85. The molecule has 0 amide bonds. The quantitative estimate of drug-likeness (QED) is 0.913. The number of hydrogen-bond acceptors (Lipinski definition) is 3. The topological polar surface area (TPSA) is 48.4 Å². The summed E-state index contributed by atoms with van der Waals surface area (Å²) in [5.41, 5.74) is 8.52. The molecule has 1 aliphatic carbocycles. The fraction of sp³-hybridized carbons (Fsp3) is 0.375. The van der Waals surface area contributed by atoms with E-state index in [9.17, 15) is 0 Å². The van der Waals surface area contributed by atoms with Gasteiger partial charge in [-0.25, -0.2) is 0 Å². The lowest BCUT2D eigenvalue weighted by Crippen LogP contribution is -2.20. The minimum atomic E-state index is -0.161. The Morgan fingerprint density at radius 3 is 2.95 bits per heavy atom. The van der Waals surface area contributed by atoms with Crippen molar-refractivity contribution in [2.24, 2.45) is 5.73 Å². The Labute approximate surface area is 113 Å². The monoisotopic (exact) mass is 257 g/mol. The fourth-order valence-electron chi connectivity index (χ4n) is 2.76. The van der Waals surface area contributed by atoms with Crippen LogP contribution in [0.2, 0.25) is 0 Å². The molecule has 0 aliphatic heterocycles. The average Bonchev–Trinajstić information content (AvgIpc) is 2.99. The van der Waals surface area contributed by atoms with Gasteiger partial charge in [-0.1, -0.05) is 24.3 Å². The van der Waals surface area contributed by atoms with Crippen LogP contribution in [-0.2, 0) is 11.2 Å². The van der Waals surface area contributed by atoms with Crippen LogP contribution in [0.5, 0.6) is 0 Å². The van der Waals surface area contributed by atoms with Gasteiger partial charge in [0.25, 0.3) is 0 Å². The maximum atomic E-state index is 6.19. The van der Waals surface area contributed by atoms with E-state index < -0.39 is 0 Å². The molecule has 1 aromatic carbocycles. The van der Waals surface area contributed by atoms with Gasteiger partial charge in [0.05, 0.1) is 12.4 Å². The summed E-state index contributed by atoms with van der Waals surface area (Å²) in [5.74, 6) is 0.811. The van der Waals surface area contributed by atoms with Crippen LogP contribution in [-0.4, -0.2) is 6.54 Å². The van der Waals surface area contributed by atoms with E-state index >= 15 is 0 Å². The second kappa shape index (κ2) is 5.59. The molecule has 1 heterocycles. The van der Waals surface area contributed by atoms with Gasteiger partial charge in [0.1, 0.15) is 11.9 Å². The Hall–Kier alpha value is -1.58. The van der Waals surface area contributed by atoms with E-state index in [1.54, 1.807) is 6.26 Å². The first-order chi connectivity index (χ1) is 9.38. The molecular formula is C16H19NO2. The molecule has 2 aromatic rings. The van der Waals surface area contributed by atoms with Crippen LogP contribution < -0.4 is 5.73 Å². The summed E-state index contributed by atoms with van der Waals surface area (Å²) in [6.45, 7) is 0.437. The highest BCUT2D eigenvalue weighted by atomic mass is 16.5. The van der Waals surface area contributed by atoms with Crippen molar-refractivity contribution < 1.29 is 9.15 Å². The molecule has 3 rings (SSSR count). The average molecular weight is 257 g/mol. The number of furan rings is 1. The van der Waals surface area contributed by atoms with E-state index in [1.807, 2.05) is 12.1 Å². The second-order valence-corrected chi connectivity index (χ2v) is 4.96. The molecule has 0 spiro atoms. The van der Waals surface area contributed by atoms with Crippen molar-refractivity contribution in [2.75, 3.05) is 6.54 Å². The Morgan fingerprint density at radius 2 is 2.16 bits per heavy atom. The van der Waals surface area contributed by atoms with Gasteiger partial charge >= 0.3 is 0 Å². The van der Waals surface area contributed by atoms with Crippen molar-refractivity contribution >= 4 is 0 Å². The summed E-state index contributed by atoms with van der Waals surface area (Å²) >= 11 is 0. The van der Waals surface area contributed by atoms with Gasteiger partial charge in [-0.2, -0.15) is 0 Å². The van der Waals surface area contributed by atoms with E-state index in [-0.39, 0.29) is 12.2 Å². The van der Waals surface area contributed by atoms with Gasteiger partial charge in [0, 0.05) is 6.54 Å². The van der Waals surface area contributed by atoms with Crippen LogP contribution >= 0.6 is 0 Å². The number of ether oxygens (including phenoxy) is 1. The number of fused-ring (bicyclic) bond motifs is 1. The molecule has 0 fully saturated rings. The van der Waals surface area contributed by atoms with Crippen LogP contribution in [0.15, 0.2) is 47.1 Å². The normalized spacial score (nSPS) is 19.9. The van der Waals surface area contributed by atoms with Gasteiger partial charge in [0.2, 0.25) is 0 Å². The number of nitrogens with two attached hydrogens (primary N) is 1. The summed E-state index contributed by atoms with van der Waals surface area (Å²) in [6.07, 6.45) is 4.99. The molecule has 0 saturated carbocycles. The van der Waals surface area contributed by atoms with Gasteiger partial charge in [0.15, 0.2) is 0 Å². The predicted octanol–water partition coefficient (Wildman–Crippen LogP) is 3.37. The maximum absolute atomic E-state index is 6.19. The molecule has 100 valence electrons. The van der Waals surface area contributed by atoms with E-state index in [2.05, 4.69) is 24.3 Å². The summed E-state index contributed by atoms with van der Waals surface area (Å²) < 4.78 is 11.6. The third kappa shape index (κ3) is 2.57. The van der Waals surface area contributed by atoms with Gasteiger partial charge in [-0.15, -0.1) is 0 Å². The highest BCUT2D eigenvalue weighted by Gasteiger charge is 2.25. The van der Waals surface area contributed by atoms with Crippen molar-refractivity contribution in [2.45, 2.75) is 31.5 Å². The smallest absolute Gasteiger partial charge is 0.133 e. The van der Waals surface area contributed by atoms with E-state index in [0.717, 1.165) is 25.0 Å². The van der Waals surface area contributed by atoms with E-state index in [1.165, 1.54) is 11.1 Å². The molecule has 2 atom stereocenters. The molecule has 3 heteroatoms. The summed E-state index contributed by atoms with van der Waals surface area (Å²) in [6, 6.07) is 12.3. The molecule has 0 bridgehead atoms. The third-order valence-corrected chi connectivity index (χ3v) is 3.72. The van der Waals surface area contributed by atoms with E-state index in [4.69, 9.17) is 14.9 Å². The van der Waals surface area contributed by atoms with Crippen LogP contribution in [0.4, 0.5) is 0 Å². The fourth-order valence-corrected chi connectivity index (χ4v) is 2.76. The summed E-state index contributed by atoms with van der Waals surface area (Å²) in [4.78, 5) is 0. The first kappa shape index (κ1) is 12.5. The number of hydrogen-bond donors (Lipinski definition) is 1. The number of aryl methyl sites for hydroxylation is 1. The largest absolute Gasteiger partial charge is 0.467 e. The maximum Gasteiger partial charge on any atom is 0.133 e. The van der Waals surface area contributed by atoms with Crippen LogP contribution in [0, 0.1) is 0 Å². The lowest BCUT2D eigenvalue weighted by Gasteiger charge is -2.28. The minimum Gasteiger partial charge on any atom is -0.467 e. The predicted molar refractivity (Wildman–Crippen MR) is 73.7 cm³/mol. The zero-order valence-electron chi connectivity index (χ0n) is 10.9. The van der Waals surface area contributed by atoms with Crippen molar-refractivity contribution in [3.05, 3.63) is 59.5 Å². The number of rotatable bonds is 4. The molecule has 0 radical (unpaired) electrons. The highest BCUT2D eigenvalue weighted by molar-refractivity contribution is 5.31. The summed E-state index contributed by atoms with van der Waals surface area (Å²) in [7, 11) is 0. The Kier molecular flexibility index (Phi) is 3.67. The number of benzene rings is 1. The zero-order chi connectivity index (χ0) is 13.1. The minimum absolute atomic E-state index is 0.128. The van der Waals surface area contributed by atoms with Crippen molar-refractivity contribution in [1.29, 1.82) is 0 Å². The molecule has 1 aromatic heterocycles. The molecule has 3 nitrogen and oxygen atoms in total. The van der Waals surface area contributed by atoms with Crippen LogP contribution in [0.1, 0.15) is 41.9 Å². The molecule has 19 heavy (non-hydrogen) atoms. The van der Waals surface area contributed by atoms with E-state index in [0.29, 0.717) is 6.54 Å². The Balaban J connectivity index is 1.80. The standard InChI is InChI=1S/C16H19NO2/c17-11-16(15-9-4-10-18-15)19-14-8-3-6-12-5-1-2-7-13(12)14/h1-2,4-5,7,9-10,14,16H,3,6,8,11,17H2. The molecule has 1 aliphatic rings. The molecular weight excluding hydrogens is 238 g/mol. The van der Waals surface area contributed by atoms with Crippen molar-refractivity contribution in [3.8, 4) is 0 Å². The SMILES string of the molecule is NCC(OC1CCCc2ccccc21)c1ccco1. The van der Waals surface area contributed by atoms with Gasteiger partial charge in [-0.3, -0.25) is 0 Å². The molecule has 2 unspecified atom stereocenters. The zero-order valence-corrected chi connectivity index (χ0v) is 10.9. The summed E-state index contributed by atoms with van der Waals surface area (Å²) in [5, 5.41) is 0. The Bertz CT molecular complexity index is 521. The lowest BCUT2D eigenvalue weighted by atomic mass is 9.89.